The van der Waals surface area contributed by atoms with Crippen molar-refractivity contribution in [2.24, 2.45) is 11.5 Å². The van der Waals surface area contributed by atoms with Crippen LogP contribution < -0.4 is 11.5 Å². The number of nitrogens with zero attached hydrogens (tertiary/aromatic N) is 2. The molecule has 0 aromatic carbocycles. The highest BCUT2D eigenvalue weighted by molar-refractivity contribution is 5.84. The van der Waals surface area contributed by atoms with E-state index in [4.69, 9.17) is 16.6 Å². The van der Waals surface area contributed by atoms with E-state index in [2.05, 4.69) is 4.98 Å². The fraction of sp³-hybridized carbons (Fsp3) is 0.444. The van der Waals surface area contributed by atoms with Crippen LogP contribution in [0.25, 0.3) is 0 Å². The van der Waals surface area contributed by atoms with Gasteiger partial charge in [0.15, 0.2) is 0 Å². The van der Waals surface area contributed by atoms with Gasteiger partial charge in [0, 0.05) is 18.3 Å². The summed E-state index contributed by atoms with van der Waals surface area (Å²) >= 11 is 0. The molecule has 88 valence electrons. The van der Waals surface area contributed by atoms with Crippen molar-refractivity contribution in [2.45, 2.75) is 25.4 Å². The van der Waals surface area contributed by atoms with Gasteiger partial charge in [0.25, 0.3) is 0 Å². The van der Waals surface area contributed by atoms with Crippen molar-refractivity contribution in [3.63, 3.8) is 0 Å². The smallest absolute Gasteiger partial charge is 0.320 e. The fourth-order valence-electron chi connectivity index (χ4n) is 1.20. The van der Waals surface area contributed by atoms with Crippen LogP contribution in [0.1, 0.15) is 17.4 Å². The highest BCUT2D eigenvalue weighted by atomic mass is 16.4. The lowest BCUT2D eigenvalue weighted by atomic mass is 10.2. The van der Waals surface area contributed by atoms with Crippen molar-refractivity contribution in [3.05, 3.63) is 18.2 Å². The molecule has 5 N–H and O–H groups in total. The lowest BCUT2D eigenvalue weighted by Gasteiger charge is -2.10. The van der Waals surface area contributed by atoms with Gasteiger partial charge < -0.3 is 16.6 Å². The van der Waals surface area contributed by atoms with Gasteiger partial charge in [0.2, 0.25) is 5.91 Å². The van der Waals surface area contributed by atoms with Gasteiger partial charge >= 0.3 is 5.97 Å². The SMILES string of the molecule is CC(N)C(=O)n1cncc1CC(N)C(=O)O. The second-order valence-corrected chi connectivity index (χ2v) is 3.53. The molecule has 0 aliphatic carbocycles. The van der Waals surface area contributed by atoms with Crippen LogP contribution in [0.15, 0.2) is 12.5 Å². The summed E-state index contributed by atoms with van der Waals surface area (Å²) < 4.78 is 1.23. The van der Waals surface area contributed by atoms with Crippen LogP contribution >= 0.6 is 0 Å². The van der Waals surface area contributed by atoms with Gasteiger partial charge in [0.05, 0.1) is 6.04 Å². The molecule has 0 saturated heterocycles. The largest absolute Gasteiger partial charge is 0.480 e. The number of nitrogens with two attached hydrogens (primary N) is 2. The lowest BCUT2D eigenvalue weighted by Crippen LogP contribution is -2.36. The molecule has 0 aliphatic heterocycles. The predicted molar refractivity (Wildman–Crippen MR) is 55.8 cm³/mol. The molecule has 0 amide bonds. The Kier molecular flexibility index (Phi) is 3.75. The summed E-state index contributed by atoms with van der Waals surface area (Å²) in [6, 6.07) is -1.73. The molecule has 16 heavy (non-hydrogen) atoms. The molecule has 1 aromatic heterocycles. The Balaban J connectivity index is 2.86. The second kappa shape index (κ2) is 4.86. The maximum atomic E-state index is 11.6. The second-order valence-electron chi connectivity index (χ2n) is 3.53. The number of aromatic nitrogens is 2. The highest BCUT2D eigenvalue weighted by Gasteiger charge is 2.18. The van der Waals surface area contributed by atoms with Gasteiger partial charge in [-0.05, 0) is 6.92 Å². The predicted octanol–water partition coefficient (Wildman–Crippen LogP) is -1.18. The summed E-state index contributed by atoms with van der Waals surface area (Å²) in [4.78, 5) is 25.9. The molecule has 0 radical (unpaired) electrons. The average molecular weight is 226 g/mol. The Hall–Kier alpha value is -1.73. The van der Waals surface area contributed by atoms with E-state index in [9.17, 15) is 9.59 Å². The third-order valence-electron chi connectivity index (χ3n) is 2.09. The Bertz CT molecular complexity index is 399. The Morgan fingerprint density at radius 3 is 2.69 bits per heavy atom. The summed E-state index contributed by atoms with van der Waals surface area (Å²) in [7, 11) is 0. The van der Waals surface area contributed by atoms with Gasteiger partial charge in [-0.1, -0.05) is 0 Å². The van der Waals surface area contributed by atoms with E-state index in [0.717, 1.165) is 0 Å². The monoisotopic (exact) mass is 226 g/mol. The molecule has 1 rings (SSSR count). The zero-order valence-corrected chi connectivity index (χ0v) is 8.83. The van der Waals surface area contributed by atoms with Crippen molar-refractivity contribution >= 4 is 11.9 Å². The number of aliphatic carboxylic acids is 1. The number of carboxylic acid groups (broad SMARTS) is 1. The first-order chi connectivity index (χ1) is 7.43. The molecule has 1 aromatic rings. The number of carboxylic acids is 1. The first kappa shape index (κ1) is 12.3. The van der Waals surface area contributed by atoms with Gasteiger partial charge in [-0.3, -0.25) is 14.2 Å². The number of imidazole rings is 1. The summed E-state index contributed by atoms with van der Waals surface area (Å²) in [5.41, 5.74) is 11.3. The van der Waals surface area contributed by atoms with Crippen molar-refractivity contribution in [1.29, 1.82) is 0 Å². The lowest BCUT2D eigenvalue weighted by molar-refractivity contribution is -0.138. The standard InChI is InChI=1S/C9H14N4O3/c1-5(10)8(14)13-4-12-3-6(13)2-7(11)9(15)16/h3-5,7H,2,10-11H2,1H3,(H,15,16). The first-order valence-corrected chi connectivity index (χ1v) is 4.73. The van der Waals surface area contributed by atoms with Crippen LogP contribution in [0.2, 0.25) is 0 Å². The average Bonchev–Trinajstić information content (AvgIpc) is 2.64. The molecule has 0 fully saturated rings. The first-order valence-electron chi connectivity index (χ1n) is 4.73. The van der Waals surface area contributed by atoms with E-state index in [0.29, 0.717) is 5.69 Å². The summed E-state index contributed by atoms with van der Waals surface area (Å²) in [5.74, 6) is -1.47. The Labute approximate surface area is 92.1 Å². The van der Waals surface area contributed by atoms with Gasteiger partial charge in [-0.25, -0.2) is 4.98 Å². The van der Waals surface area contributed by atoms with Crippen LogP contribution in [0.3, 0.4) is 0 Å². The normalized spacial score (nSPS) is 14.4. The minimum Gasteiger partial charge on any atom is -0.480 e. The molecule has 0 aliphatic rings. The maximum Gasteiger partial charge on any atom is 0.320 e. The van der Waals surface area contributed by atoms with E-state index in [1.165, 1.54) is 17.1 Å². The van der Waals surface area contributed by atoms with Crippen molar-refractivity contribution in [2.75, 3.05) is 0 Å². The summed E-state index contributed by atoms with van der Waals surface area (Å²) in [6.07, 6.45) is 2.74. The van der Waals surface area contributed by atoms with Crippen LogP contribution in [-0.2, 0) is 11.2 Å². The van der Waals surface area contributed by atoms with Crippen LogP contribution in [0.4, 0.5) is 0 Å². The third kappa shape index (κ3) is 2.65. The molecule has 2 atom stereocenters. The number of rotatable bonds is 4. The molecular formula is C9H14N4O3. The summed E-state index contributed by atoms with van der Waals surface area (Å²) in [5, 5.41) is 8.66. The zero-order chi connectivity index (χ0) is 12.3. The molecule has 2 unspecified atom stereocenters. The fourth-order valence-corrected chi connectivity index (χ4v) is 1.20. The molecule has 0 spiro atoms. The number of hydrogen-bond acceptors (Lipinski definition) is 5. The topological polar surface area (TPSA) is 124 Å². The Morgan fingerprint density at radius 2 is 2.19 bits per heavy atom. The van der Waals surface area contributed by atoms with Gasteiger partial charge in [-0.15, -0.1) is 0 Å². The molecule has 7 heteroatoms. The zero-order valence-electron chi connectivity index (χ0n) is 8.83. The minimum atomic E-state index is -1.12. The number of hydrogen-bond donors (Lipinski definition) is 3. The number of carbonyl (C=O) groups excluding carboxylic acids is 1. The van der Waals surface area contributed by atoms with Crippen LogP contribution in [0, 0.1) is 0 Å². The van der Waals surface area contributed by atoms with Crippen molar-refractivity contribution < 1.29 is 14.7 Å². The Morgan fingerprint density at radius 1 is 1.56 bits per heavy atom. The van der Waals surface area contributed by atoms with E-state index in [-0.39, 0.29) is 12.3 Å². The maximum absolute atomic E-state index is 11.6. The minimum absolute atomic E-state index is 0.0355. The molecule has 1 heterocycles. The van der Waals surface area contributed by atoms with Crippen LogP contribution in [0.5, 0.6) is 0 Å². The number of carbonyl (C=O) groups is 2. The third-order valence-corrected chi connectivity index (χ3v) is 2.09. The molecule has 0 saturated carbocycles. The summed E-state index contributed by atoms with van der Waals surface area (Å²) in [6.45, 7) is 1.54. The van der Waals surface area contributed by atoms with E-state index >= 15 is 0 Å². The molecule has 7 nitrogen and oxygen atoms in total. The van der Waals surface area contributed by atoms with E-state index < -0.39 is 18.1 Å². The van der Waals surface area contributed by atoms with Gasteiger partial charge in [0.1, 0.15) is 12.4 Å². The van der Waals surface area contributed by atoms with E-state index in [1.54, 1.807) is 6.92 Å². The highest BCUT2D eigenvalue weighted by Crippen LogP contribution is 2.04. The van der Waals surface area contributed by atoms with Crippen LogP contribution in [-0.4, -0.2) is 38.6 Å². The quantitative estimate of drug-likeness (QED) is 0.593. The van der Waals surface area contributed by atoms with Crippen molar-refractivity contribution in [1.82, 2.24) is 9.55 Å². The van der Waals surface area contributed by atoms with E-state index in [1.807, 2.05) is 0 Å². The van der Waals surface area contributed by atoms with Gasteiger partial charge in [-0.2, -0.15) is 0 Å². The van der Waals surface area contributed by atoms with Crippen molar-refractivity contribution in [3.8, 4) is 0 Å². The molecular weight excluding hydrogens is 212 g/mol. The molecule has 0 bridgehead atoms.